The topological polar surface area (TPSA) is 30.5 Å². The Morgan fingerprint density at radius 3 is 2.83 bits per heavy atom. The highest BCUT2D eigenvalue weighted by atomic mass is 16.7. The Morgan fingerprint density at radius 2 is 2.06 bits per heavy atom. The number of nitrogens with one attached hydrogen (secondary N) is 1. The third-order valence-corrected chi connectivity index (χ3v) is 3.43. The van der Waals surface area contributed by atoms with Crippen LogP contribution in [0.15, 0.2) is 18.2 Å². The van der Waals surface area contributed by atoms with Gasteiger partial charge in [0.25, 0.3) is 0 Å². The summed E-state index contributed by atoms with van der Waals surface area (Å²) in [7, 11) is 0. The van der Waals surface area contributed by atoms with Gasteiger partial charge in [-0.3, -0.25) is 0 Å². The minimum Gasteiger partial charge on any atom is -0.454 e. The van der Waals surface area contributed by atoms with Gasteiger partial charge in [-0.05, 0) is 30.5 Å². The summed E-state index contributed by atoms with van der Waals surface area (Å²) >= 11 is 0. The number of unbranched alkanes of at least 4 members (excludes halogenated alkanes) is 1. The number of benzene rings is 1. The fourth-order valence-corrected chi connectivity index (χ4v) is 2.21. The highest BCUT2D eigenvalue weighted by Gasteiger charge is 2.13. The van der Waals surface area contributed by atoms with E-state index in [2.05, 4.69) is 31.3 Å². The molecule has 1 heterocycles. The van der Waals surface area contributed by atoms with E-state index < -0.39 is 0 Å². The molecule has 1 atom stereocenters. The maximum atomic E-state index is 5.39. The lowest BCUT2D eigenvalue weighted by Crippen LogP contribution is -2.27. The Balaban J connectivity index is 1.85. The van der Waals surface area contributed by atoms with E-state index in [1.165, 1.54) is 31.2 Å². The molecule has 1 N–H and O–H groups in total. The van der Waals surface area contributed by atoms with E-state index in [-0.39, 0.29) is 0 Å². The van der Waals surface area contributed by atoms with Crippen LogP contribution in [0.3, 0.4) is 0 Å². The first kappa shape index (κ1) is 13.2. The SMILES string of the molecule is CCCCC(CC)NCc1ccc2c(c1)OCO2. The summed E-state index contributed by atoms with van der Waals surface area (Å²) in [4.78, 5) is 0. The highest BCUT2D eigenvalue weighted by Crippen LogP contribution is 2.32. The van der Waals surface area contributed by atoms with Gasteiger partial charge in [0.15, 0.2) is 11.5 Å². The van der Waals surface area contributed by atoms with Crippen molar-refractivity contribution in [1.82, 2.24) is 5.32 Å². The molecule has 0 saturated heterocycles. The van der Waals surface area contributed by atoms with E-state index in [0.29, 0.717) is 12.8 Å². The normalized spacial score (nSPS) is 14.8. The average molecular weight is 249 g/mol. The van der Waals surface area contributed by atoms with Gasteiger partial charge in [-0.25, -0.2) is 0 Å². The van der Waals surface area contributed by atoms with Gasteiger partial charge in [0.1, 0.15) is 0 Å². The molecule has 1 aromatic carbocycles. The van der Waals surface area contributed by atoms with Crippen LogP contribution in [0.1, 0.15) is 45.1 Å². The molecule has 0 bridgehead atoms. The van der Waals surface area contributed by atoms with Gasteiger partial charge in [0.05, 0.1) is 0 Å². The lowest BCUT2D eigenvalue weighted by molar-refractivity contribution is 0.174. The molecule has 1 aliphatic heterocycles. The Kier molecular flexibility index (Phi) is 4.88. The molecule has 18 heavy (non-hydrogen) atoms. The predicted molar refractivity (Wildman–Crippen MR) is 73.0 cm³/mol. The van der Waals surface area contributed by atoms with Crippen molar-refractivity contribution in [2.75, 3.05) is 6.79 Å². The Bertz CT molecular complexity index is 379. The van der Waals surface area contributed by atoms with E-state index in [0.717, 1.165) is 18.0 Å². The molecule has 0 saturated carbocycles. The molecule has 0 amide bonds. The standard InChI is InChI=1S/C15H23NO2/c1-3-5-6-13(4-2)16-10-12-7-8-14-15(9-12)18-11-17-14/h7-9,13,16H,3-6,10-11H2,1-2H3. The fourth-order valence-electron chi connectivity index (χ4n) is 2.21. The molecule has 0 spiro atoms. The van der Waals surface area contributed by atoms with Crippen molar-refractivity contribution in [2.45, 2.75) is 52.1 Å². The molecule has 1 aliphatic rings. The second kappa shape index (κ2) is 6.64. The molecule has 3 heteroatoms. The van der Waals surface area contributed by atoms with Gasteiger partial charge in [0.2, 0.25) is 6.79 Å². The number of rotatable bonds is 7. The lowest BCUT2D eigenvalue weighted by atomic mass is 10.1. The summed E-state index contributed by atoms with van der Waals surface area (Å²) in [6.45, 7) is 5.73. The van der Waals surface area contributed by atoms with Crippen LogP contribution in [0, 0.1) is 0 Å². The maximum Gasteiger partial charge on any atom is 0.231 e. The van der Waals surface area contributed by atoms with Crippen molar-refractivity contribution in [1.29, 1.82) is 0 Å². The van der Waals surface area contributed by atoms with Crippen LogP contribution < -0.4 is 14.8 Å². The summed E-state index contributed by atoms with van der Waals surface area (Å²) in [6.07, 6.45) is 5.01. The number of fused-ring (bicyclic) bond motifs is 1. The van der Waals surface area contributed by atoms with Gasteiger partial charge in [-0.15, -0.1) is 0 Å². The first-order valence-electron chi connectivity index (χ1n) is 6.95. The maximum absolute atomic E-state index is 5.39. The monoisotopic (exact) mass is 249 g/mol. The van der Waals surface area contributed by atoms with Gasteiger partial charge in [0, 0.05) is 12.6 Å². The van der Waals surface area contributed by atoms with E-state index in [4.69, 9.17) is 9.47 Å². The number of ether oxygens (including phenoxy) is 2. The smallest absolute Gasteiger partial charge is 0.231 e. The van der Waals surface area contributed by atoms with E-state index in [9.17, 15) is 0 Å². The van der Waals surface area contributed by atoms with Gasteiger partial charge in [-0.2, -0.15) is 0 Å². The number of hydrogen-bond acceptors (Lipinski definition) is 3. The largest absolute Gasteiger partial charge is 0.454 e. The van der Waals surface area contributed by atoms with Crippen LogP contribution in [-0.2, 0) is 6.54 Å². The second-order valence-electron chi connectivity index (χ2n) is 4.82. The Hall–Kier alpha value is -1.22. The molecule has 1 aromatic rings. The van der Waals surface area contributed by atoms with Crippen molar-refractivity contribution in [2.24, 2.45) is 0 Å². The Morgan fingerprint density at radius 1 is 1.22 bits per heavy atom. The first-order chi connectivity index (χ1) is 8.83. The van der Waals surface area contributed by atoms with Crippen LogP contribution in [0.5, 0.6) is 11.5 Å². The zero-order chi connectivity index (χ0) is 12.8. The van der Waals surface area contributed by atoms with Crippen molar-refractivity contribution < 1.29 is 9.47 Å². The third kappa shape index (κ3) is 3.39. The zero-order valence-electron chi connectivity index (χ0n) is 11.4. The van der Waals surface area contributed by atoms with Crippen molar-refractivity contribution in [3.8, 4) is 11.5 Å². The molecule has 0 fully saturated rings. The molecule has 2 rings (SSSR count). The predicted octanol–water partition coefficient (Wildman–Crippen LogP) is 3.47. The van der Waals surface area contributed by atoms with E-state index in [1.54, 1.807) is 0 Å². The highest BCUT2D eigenvalue weighted by molar-refractivity contribution is 5.44. The second-order valence-corrected chi connectivity index (χ2v) is 4.82. The average Bonchev–Trinajstić information content (AvgIpc) is 2.86. The van der Waals surface area contributed by atoms with Gasteiger partial charge < -0.3 is 14.8 Å². The molecule has 3 nitrogen and oxygen atoms in total. The first-order valence-corrected chi connectivity index (χ1v) is 6.95. The van der Waals surface area contributed by atoms with E-state index in [1.807, 2.05) is 6.07 Å². The molecular formula is C15H23NO2. The molecule has 1 unspecified atom stereocenters. The minimum atomic E-state index is 0.348. The summed E-state index contributed by atoms with van der Waals surface area (Å²) in [6, 6.07) is 6.79. The van der Waals surface area contributed by atoms with E-state index >= 15 is 0 Å². The van der Waals surface area contributed by atoms with Crippen LogP contribution in [0.4, 0.5) is 0 Å². The van der Waals surface area contributed by atoms with Crippen molar-refractivity contribution >= 4 is 0 Å². The van der Waals surface area contributed by atoms with Crippen molar-refractivity contribution in [3.63, 3.8) is 0 Å². The third-order valence-electron chi connectivity index (χ3n) is 3.43. The van der Waals surface area contributed by atoms with Gasteiger partial charge >= 0.3 is 0 Å². The minimum absolute atomic E-state index is 0.348. The Labute approximate surface area is 109 Å². The molecule has 0 aliphatic carbocycles. The lowest BCUT2D eigenvalue weighted by Gasteiger charge is -2.16. The molecule has 0 aromatic heterocycles. The summed E-state index contributed by atoms with van der Waals surface area (Å²) in [5, 5.41) is 3.62. The van der Waals surface area contributed by atoms with Crippen LogP contribution in [-0.4, -0.2) is 12.8 Å². The van der Waals surface area contributed by atoms with Gasteiger partial charge in [-0.1, -0.05) is 32.8 Å². The van der Waals surface area contributed by atoms with Crippen molar-refractivity contribution in [3.05, 3.63) is 23.8 Å². The van der Waals surface area contributed by atoms with Crippen LogP contribution in [0.2, 0.25) is 0 Å². The summed E-state index contributed by atoms with van der Waals surface area (Å²) in [5.41, 5.74) is 1.26. The quantitative estimate of drug-likeness (QED) is 0.802. The number of hydrogen-bond donors (Lipinski definition) is 1. The van der Waals surface area contributed by atoms with Crippen LogP contribution >= 0.6 is 0 Å². The summed E-state index contributed by atoms with van der Waals surface area (Å²) < 4.78 is 10.7. The molecular weight excluding hydrogens is 226 g/mol. The fraction of sp³-hybridized carbons (Fsp3) is 0.600. The van der Waals surface area contributed by atoms with Crippen LogP contribution in [0.25, 0.3) is 0 Å². The zero-order valence-corrected chi connectivity index (χ0v) is 11.4. The molecule has 100 valence electrons. The molecule has 0 radical (unpaired) electrons. The summed E-state index contributed by atoms with van der Waals surface area (Å²) in [5.74, 6) is 1.73.